The first-order chi connectivity index (χ1) is 8.31. The van der Waals surface area contributed by atoms with Crippen LogP contribution < -0.4 is 10.5 Å². The zero-order chi connectivity index (χ0) is 11.7. The van der Waals surface area contributed by atoms with Crippen LogP contribution in [0.25, 0.3) is 0 Å². The minimum atomic E-state index is 0.398. The third kappa shape index (κ3) is 2.37. The highest BCUT2D eigenvalue weighted by Crippen LogP contribution is 2.27. The molecule has 0 saturated heterocycles. The molecule has 17 heavy (non-hydrogen) atoms. The largest absolute Gasteiger partial charge is 0.493 e. The van der Waals surface area contributed by atoms with Gasteiger partial charge in [-0.15, -0.1) is 0 Å². The Balaban J connectivity index is 1.69. The van der Waals surface area contributed by atoms with Crippen LogP contribution in [0.3, 0.4) is 0 Å². The molecule has 3 rings (SSSR count). The molecule has 2 heteroatoms. The summed E-state index contributed by atoms with van der Waals surface area (Å²) in [6, 6.07) is 6.97. The van der Waals surface area contributed by atoms with Crippen molar-refractivity contribution in [2.45, 2.75) is 38.1 Å². The van der Waals surface area contributed by atoms with E-state index in [1.54, 1.807) is 0 Å². The summed E-state index contributed by atoms with van der Waals surface area (Å²) in [5.41, 5.74) is 10.2. The SMILES string of the molecule is NC1CCC(=CCc2ccc3c(c2)CCO3)C1. The van der Waals surface area contributed by atoms with Crippen molar-refractivity contribution in [1.29, 1.82) is 0 Å². The molecule has 1 heterocycles. The Morgan fingerprint density at radius 1 is 1.35 bits per heavy atom. The summed E-state index contributed by atoms with van der Waals surface area (Å²) in [5, 5.41) is 0. The number of fused-ring (bicyclic) bond motifs is 1. The minimum absolute atomic E-state index is 0.398. The van der Waals surface area contributed by atoms with Crippen LogP contribution in [0.5, 0.6) is 5.75 Å². The third-order valence-corrected chi connectivity index (χ3v) is 3.74. The first kappa shape index (κ1) is 10.8. The summed E-state index contributed by atoms with van der Waals surface area (Å²) in [7, 11) is 0. The predicted octanol–water partition coefficient (Wildman–Crippen LogP) is 2.60. The molecule has 1 unspecified atom stereocenters. The number of hydrogen-bond acceptors (Lipinski definition) is 2. The fourth-order valence-corrected chi connectivity index (χ4v) is 2.73. The van der Waals surface area contributed by atoms with E-state index in [1.165, 1.54) is 23.1 Å². The first-order valence-electron chi connectivity index (χ1n) is 6.49. The highest BCUT2D eigenvalue weighted by molar-refractivity contribution is 5.40. The monoisotopic (exact) mass is 229 g/mol. The molecule has 1 aromatic carbocycles. The summed E-state index contributed by atoms with van der Waals surface area (Å²) in [5.74, 6) is 1.07. The van der Waals surface area contributed by atoms with Gasteiger partial charge in [0.05, 0.1) is 6.61 Å². The number of rotatable bonds is 2. The van der Waals surface area contributed by atoms with Crippen molar-refractivity contribution in [3.63, 3.8) is 0 Å². The van der Waals surface area contributed by atoms with Crippen LogP contribution in [0.2, 0.25) is 0 Å². The maximum absolute atomic E-state index is 5.91. The van der Waals surface area contributed by atoms with Gasteiger partial charge < -0.3 is 10.5 Å². The molecule has 1 aliphatic carbocycles. The molecule has 1 saturated carbocycles. The molecule has 1 fully saturated rings. The Morgan fingerprint density at radius 2 is 2.29 bits per heavy atom. The summed E-state index contributed by atoms with van der Waals surface area (Å²) >= 11 is 0. The smallest absolute Gasteiger partial charge is 0.122 e. The maximum Gasteiger partial charge on any atom is 0.122 e. The van der Waals surface area contributed by atoms with Gasteiger partial charge in [-0.25, -0.2) is 0 Å². The molecular formula is C15H19NO. The van der Waals surface area contributed by atoms with Crippen molar-refractivity contribution in [3.8, 4) is 5.75 Å². The van der Waals surface area contributed by atoms with Crippen LogP contribution in [0.1, 0.15) is 30.4 Å². The van der Waals surface area contributed by atoms with E-state index in [-0.39, 0.29) is 0 Å². The Morgan fingerprint density at radius 3 is 3.12 bits per heavy atom. The van der Waals surface area contributed by atoms with Gasteiger partial charge in [0, 0.05) is 12.5 Å². The summed E-state index contributed by atoms with van der Waals surface area (Å²) in [6.07, 6.45) is 7.90. The quantitative estimate of drug-likeness (QED) is 0.791. The van der Waals surface area contributed by atoms with Gasteiger partial charge in [0.15, 0.2) is 0 Å². The second-order valence-electron chi connectivity index (χ2n) is 5.11. The van der Waals surface area contributed by atoms with Crippen LogP contribution in [0, 0.1) is 0 Å². The number of hydrogen-bond donors (Lipinski definition) is 1. The Kier molecular flexibility index (Phi) is 2.89. The predicted molar refractivity (Wildman–Crippen MR) is 69.3 cm³/mol. The van der Waals surface area contributed by atoms with Crippen molar-refractivity contribution >= 4 is 0 Å². The molecular weight excluding hydrogens is 210 g/mol. The molecule has 2 nitrogen and oxygen atoms in total. The van der Waals surface area contributed by atoms with Crippen molar-refractivity contribution in [1.82, 2.24) is 0 Å². The molecule has 1 aromatic rings. The topological polar surface area (TPSA) is 35.2 Å². The van der Waals surface area contributed by atoms with Gasteiger partial charge in [0.2, 0.25) is 0 Å². The summed E-state index contributed by atoms with van der Waals surface area (Å²) < 4.78 is 5.51. The zero-order valence-electron chi connectivity index (χ0n) is 10.1. The lowest BCUT2D eigenvalue weighted by molar-refractivity contribution is 0.357. The van der Waals surface area contributed by atoms with E-state index >= 15 is 0 Å². The summed E-state index contributed by atoms with van der Waals surface area (Å²) in [4.78, 5) is 0. The summed E-state index contributed by atoms with van der Waals surface area (Å²) in [6.45, 7) is 0.842. The molecule has 90 valence electrons. The van der Waals surface area contributed by atoms with Gasteiger partial charge in [-0.05, 0) is 42.9 Å². The standard InChI is InChI=1S/C15H19NO/c16-14-5-3-12(10-14)2-1-11-4-6-15-13(9-11)7-8-17-15/h2,4,6,9,14H,1,3,5,7-8,10,16H2. The zero-order valence-corrected chi connectivity index (χ0v) is 10.1. The normalized spacial score (nSPS) is 25.0. The average Bonchev–Trinajstić information content (AvgIpc) is 2.94. The Bertz CT molecular complexity index is 450. The van der Waals surface area contributed by atoms with Crippen molar-refractivity contribution in [2.24, 2.45) is 5.73 Å². The Labute approximate surface area is 102 Å². The lowest BCUT2D eigenvalue weighted by atomic mass is 10.0. The number of ether oxygens (including phenoxy) is 1. The van der Waals surface area contributed by atoms with Gasteiger partial charge in [0.25, 0.3) is 0 Å². The lowest BCUT2D eigenvalue weighted by Crippen LogP contribution is -2.13. The van der Waals surface area contributed by atoms with Crippen LogP contribution in [-0.2, 0) is 12.8 Å². The van der Waals surface area contributed by atoms with E-state index in [0.717, 1.165) is 38.0 Å². The second kappa shape index (κ2) is 4.53. The van der Waals surface area contributed by atoms with E-state index in [0.29, 0.717) is 6.04 Å². The molecule has 0 bridgehead atoms. The van der Waals surface area contributed by atoms with Crippen molar-refractivity contribution in [3.05, 3.63) is 41.0 Å². The molecule has 2 N–H and O–H groups in total. The molecule has 0 amide bonds. The molecule has 0 radical (unpaired) electrons. The fraction of sp³-hybridized carbons (Fsp3) is 0.467. The van der Waals surface area contributed by atoms with Gasteiger partial charge in [0.1, 0.15) is 5.75 Å². The van der Waals surface area contributed by atoms with Gasteiger partial charge >= 0.3 is 0 Å². The van der Waals surface area contributed by atoms with Gasteiger partial charge in [-0.2, -0.15) is 0 Å². The number of benzene rings is 1. The van der Waals surface area contributed by atoms with Crippen molar-refractivity contribution in [2.75, 3.05) is 6.61 Å². The highest BCUT2D eigenvalue weighted by Gasteiger charge is 2.15. The molecule has 2 aliphatic rings. The van der Waals surface area contributed by atoms with Crippen LogP contribution in [0.15, 0.2) is 29.8 Å². The highest BCUT2D eigenvalue weighted by atomic mass is 16.5. The van der Waals surface area contributed by atoms with E-state index in [2.05, 4.69) is 24.3 Å². The van der Waals surface area contributed by atoms with E-state index < -0.39 is 0 Å². The van der Waals surface area contributed by atoms with Gasteiger partial charge in [-0.3, -0.25) is 0 Å². The van der Waals surface area contributed by atoms with Gasteiger partial charge in [-0.1, -0.05) is 23.8 Å². The fourth-order valence-electron chi connectivity index (χ4n) is 2.73. The molecule has 0 aromatic heterocycles. The number of nitrogens with two attached hydrogens (primary N) is 1. The van der Waals surface area contributed by atoms with Crippen molar-refractivity contribution < 1.29 is 4.74 Å². The van der Waals surface area contributed by atoms with E-state index in [9.17, 15) is 0 Å². The average molecular weight is 229 g/mol. The second-order valence-corrected chi connectivity index (χ2v) is 5.11. The molecule has 1 atom stereocenters. The van der Waals surface area contributed by atoms with Crippen LogP contribution in [-0.4, -0.2) is 12.6 Å². The molecule has 0 spiro atoms. The van der Waals surface area contributed by atoms with Crippen LogP contribution >= 0.6 is 0 Å². The molecule has 1 aliphatic heterocycles. The third-order valence-electron chi connectivity index (χ3n) is 3.74. The first-order valence-corrected chi connectivity index (χ1v) is 6.49. The van der Waals surface area contributed by atoms with E-state index in [4.69, 9.17) is 10.5 Å². The Hall–Kier alpha value is -1.28. The number of allylic oxidation sites excluding steroid dienone is 1. The lowest BCUT2D eigenvalue weighted by Gasteiger charge is -2.02. The van der Waals surface area contributed by atoms with E-state index in [1.807, 2.05) is 0 Å². The maximum atomic E-state index is 5.91. The van der Waals surface area contributed by atoms with Crippen LogP contribution in [0.4, 0.5) is 0 Å². The minimum Gasteiger partial charge on any atom is -0.493 e.